The maximum atomic E-state index is 13.3. The van der Waals surface area contributed by atoms with Gasteiger partial charge in [0.25, 0.3) is 0 Å². The molecule has 1 aromatic carbocycles. The minimum atomic E-state index is -0.324. The minimum absolute atomic E-state index is 0.00274. The number of hydrogen-bond donors (Lipinski definition) is 1. The first-order valence-corrected chi connectivity index (χ1v) is 6.53. The van der Waals surface area contributed by atoms with E-state index in [1.54, 1.807) is 6.07 Å². The highest BCUT2D eigenvalue weighted by molar-refractivity contribution is 5.41. The Kier molecular flexibility index (Phi) is 6.73. The van der Waals surface area contributed by atoms with Crippen LogP contribution in [0, 0.1) is 34.9 Å². The Labute approximate surface area is 119 Å². The van der Waals surface area contributed by atoms with Crippen molar-refractivity contribution in [2.24, 2.45) is 5.92 Å². The highest BCUT2D eigenvalue weighted by Crippen LogP contribution is 2.13. The number of hydrogen-bond acceptors (Lipinski definition) is 3. The van der Waals surface area contributed by atoms with Crippen molar-refractivity contribution in [2.75, 3.05) is 20.2 Å². The van der Waals surface area contributed by atoms with E-state index in [4.69, 9.17) is 10.4 Å². The molecule has 1 rings (SSSR count). The van der Waals surface area contributed by atoms with E-state index in [2.05, 4.69) is 17.9 Å². The van der Waals surface area contributed by atoms with Gasteiger partial charge in [-0.25, -0.2) is 4.39 Å². The lowest BCUT2D eigenvalue weighted by Crippen LogP contribution is -2.23. The Hall–Kier alpha value is -1.88. The molecule has 0 amide bonds. The average Bonchev–Trinajstić information content (AvgIpc) is 2.41. The van der Waals surface area contributed by atoms with Crippen molar-refractivity contribution in [1.29, 1.82) is 5.26 Å². The van der Waals surface area contributed by atoms with Crippen molar-refractivity contribution >= 4 is 0 Å². The maximum absolute atomic E-state index is 13.3. The predicted molar refractivity (Wildman–Crippen MR) is 76.1 cm³/mol. The van der Waals surface area contributed by atoms with Crippen LogP contribution in [-0.2, 0) is 6.54 Å². The van der Waals surface area contributed by atoms with E-state index >= 15 is 0 Å². The van der Waals surface area contributed by atoms with Gasteiger partial charge in [0.05, 0.1) is 18.6 Å². The number of rotatable bonds is 5. The molecule has 0 saturated heterocycles. The molecule has 4 heteroatoms. The number of nitriles is 1. The number of halogens is 1. The molecule has 0 spiro atoms. The number of aliphatic hydroxyl groups is 1. The van der Waals surface area contributed by atoms with Crippen molar-refractivity contribution in [3.8, 4) is 17.9 Å². The normalized spacial score (nSPS) is 11.6. The van der Waals surface area contributed by atoms with Gasteiger partial charge in [-0.1, -0.05) is 17.9 Å². The van der Waals surface area contributed by atoms with E-state index in [0.717, 1.165) is 5.56 Å². The van der Waals surface area contributed by atoms with E-state index in [1.165, 1.54) is 12.1 Å². The van der Waals surface area contributed by atoms with Gasteiger partial charge in [-0.05, 0) is 31.7 Å². The standard InChI is InChI=1S/C16H19FN2O/c1-13(10-18)11-19(2)12-15-6-7-16(17)9-14(15)5-3-4-8-20/h6-7,9,13,20H,4,8,11-12H2,1-2H3. The molecule has 0 aliphatic rings. The van der Waals surface area contributed by atoms with Crippen LogP contribution in [0.4, 0.5) is 4.39 Å². The molecule has 0 heterocycles. The largest absolute Gasteiger partial charge is 0.395 e. The van der Waals surface area contributed by atoms with Crippen LogP contribution < -0.4 is 0 Å². The number of nitrogens with zero attached hydrogens (tertiary/aromatic N) is 2. The van der Waals surface area contributed by atoms with Gasteiger partial charge < -0.3 is 10.0 Å². The molecule has 0 fully saturated rings. The van der Waals surface area contributed by atoms with Crippen LogP contribution in [0.25, 0.3) is 0 Å². The SMILES string of the molecule is CC(C#N)CN(C)Cc1ccc(F)cc1C#CCCO. The summed E-state index contributed by atoms with van der Waals surface area (Å²) < 4.78 is 13.3. The quantitative estimate of drug-likeness (QED) is 0.837. The summed E-state index contributed by atoms with van der Waals surface area (Å²) in [5.74, 6) is 5.32. The molecule has 1 unspecified atom stereocenters. The van der Waals surface area contributed by atoms with E-state index in [1.807, 2.05) is 18.9 Å². The Morgan fingerprint density at radius 1 is 1.45 bits per heavy atom. The Bertz CT molecular complexity index is 540. The molecule has 0 aromatic heterocycles. The zero-order valence-corrected chi connectivity index (χ0v) is 11.9. The summed E-state index contributed by atoms with van der Waals surface area (Å²) >= 11 is 0. The van der Waals surface area contributed by atoms with Crippen molar-refractivity contribution < 1.29 is 9.50 Å². The lowest BCUT2D eigenvalue weighted by molar-refractivity contribution is 0.302. The highest BCUT2D eigenvalue weighted by Gasteiger charge is 2.09. The smallest absolute Gasteiger partial charge is 0.124 e. The van der Waals surface area contributed by atoms with Gasteiger partial charge >= 0.3 is 0 Å². The predicted octanol–water partition coefficient (Wildman–Crippen LogP) is 2.15. The van der Waals surface area contributed by atoms with E-state index in [9.17, 15) is 4.39 Å². The third kappa shape index (κ3) is 5.40. The third-order valence-corrected chi connectivity index (χ3v) is 2.78. The van der Waals surface area contributed by atoms with Crippen LogP contribution in [0.5, 0.6) is 0 Å². The second kappa shape index (κ2) is 8.32. The fourth-order valence-corrected chi connectivity index (χ4v) is 1.88. The second-order valence-electron chi connectivity index (χ2n) is 4.80. The zero-order chi connectivity index (χ0) is 15.0. The van der Waals surface area contributed by atoms with Crippen molar-refractivity contribution in [2.45, 2.75) is 19.9 Å². The monoisotopic (exact) mass is 274 g/mol. The van der Waals surface area contributed by atoms with Gasteiger partial charge in [0.1, 0.15) is 5.82 Å². The summed E-state index contributed by atoms with van der Waals surface area (Å²) in [6, 6.07) is 6.72. The molecule has 0 aliphatic heterocycles. The summed E-state index contributed by atoms with van der Waals surface area (Å²) in [5.41, 5.74) is 1.55. The number of benzene rings is 1. The Morgan fingerprint density at radius 3 is 2.85 bits per heavy atom. The van der Waals surface area contributed by atoms with E-state index < -0.39 is 0 Å². The Morgan fingerprint density at radius 2 is 2.20 bits per heavy atom. The first-order chi connectivity index (χ1) is 9.56. The topological polar surface area (TPSA) is 47.3 Å². The van der Waals surface area contributed by atoms with Crippen molar-refractivity contribution in [3.05, 3.63) is 35.1 Å². The fourth-order valence-electron chi connectivity index (χ4n) is 1.88. The molecule has 1 N–H and O–H groups in total. The molecule has 0 radical (unpaired) electrons. The summed E-state index contributed by atoms with van der Waals surface area (Å²) in [7, 11) is 1.92. The molecule has 20 heavy (non-hydrogen) atoms. The molecule has 106 valence electrons. The van der Waals surface area contributed by atoms with Gasteiger partial charge in [-0.3, -0.25) is 0 Å². The number of aliphatic hydroxyl groups excluding tert-OH is 1. The van der Waals surface area contributed by atoms with Crippen LogP contribution in [0.3, 0.4) is 0 Å². The third-order valence-electron chi connectivity index (χ3n) is 2.78. The summed E-state index contributed by atoms with van der Waals surface area (Å²) in [5, 5.41) is 17.5. The molecule has 3 nitrogen and oxygen atoms in total. The van der Waals surface area contributed by atoms with Crippen molar-refractivity contribution in [3.63, 3.8) is 0 Å². The van der Waals surface area contributed by atoms with E-state index in [-0.39, 0.29) is 18.3 Å². The lowest BCUT2D eigenvalue weighted by atomic mass is 10.1. The second-order valence-corrected chi connectivity index (χ2v) is 4.80. The molecular formula is C16H19FN2O. The van der Waals surface area contributed by atoms with E-state index in [0.29, 0.717) is 25.1 Å². The summed E-state index contributed by atoms with van der Waals surface area (Å²) in [4.78, 5) is 2.01. The van der Waals surface area contributed by atoms with Crippen LogP contribution in [0.15, 0.2) is 18.2 Å². The Balaban J connectivity index is 2.84. The van der Waals surface area contributed by atoms with Crippen LogP contribution in [0.1, 0.15) is 24.5 Å². The lowest BCUT2D eigenvalue weighted by Gasteiger charge is -2.18. The van der Waals surface area contributed by atoms with Crippen LogP contribution in [0.2, 0.25) is 0 Å². The fraction of sp³-hybridized carbons (Fsp3) is 0.438. The summed E-state index contributed by atoms with van der Waals surface area (Å²) in [6.45, 7) is 3.12. The van der Waals surface area contributed by atoms with Gasteiger partial charge in [0.2, 0.25) is 0 Å². The maximum Gasteiger partial charge on any atom is 0.124 e. The molecule has 1 atom stereocenters. The molecule has 1 aromatic rings. The van der Waals surface area contributed by atoms with Crippen LogP contribution in [-0.4, -0.2) is 30.2 Å². The molecular weight excluding hydrogens is 255 g/mol. The zero-order valence-electron chi connectivity index (χ0n) is 11.9. The van der Waals surface area contributed by atoms with Crippen LogP contribution >= 0.6 is 0 Å². The first-order valence-electron chi connectivity index (χ1n) is 6.53. The average molecular weight is 274 g/mol. The molecule has 0 saturated carbocycles. The molecule has 0 aliphatic carbocycles. The van der Waals surface area contributed by atoms with Gasteiger partial charge in [-0.2, -0.15) is 5.26 Å². The first kappa shape index (κ1) is 16.2. The minimum Gasteiger partial charge on any atom is -0.395 e. The highest BCUT2D eigenvalue weighted by atomic mass is 19.1. The summed E-state index contributed by atoms with van der Waals surface area (Å²) in [6.07, 6.45) is 0.372. The van der Waals surface area contributed by atoms with Crippen molar-refractivity contribution in [1.82, 2.24) is 4.90 Å². The van der Waals surface area contributed by atoms with Gasteiger partial charge in [0, 0.05) is 25.1 Å². The molecule has 0 bridgehead atoms. The van der Waals surface area contributed by atoms with Gasteiger partial charge in [-0.15, -0.1) is 0 Å². The van der Waals surface area contributed by atoms with Gasteiger partial charge in [0.15, 0.2) is 0 Å².